The number of piperidine rings is 1. The Balaban J connectivity index is 0.00000181. The minimum absolute atomic E-state index is 0. The Morgan fingerprint density at radius 1 is 0.966 bits per heavy atom. The van der Waals surface area contributed by atoms with Crippen LogP contribution in [0.15, 0.2) is 48.5 Å². The molecule has 0 aromatic heterocycles. The van der Waals surface area contributed by atoms with Gasteiger partial charge in [0.1, 0.15) is 35.8 Å². The molecule has 0 N–H and O–H groups in total. The number of morpholine rings is 1. The lowest BCUT2D eigenvalue weighted by atomic mass is 9.80. The molecular weight excluding hydrogens is 430 g/mol. The van der Waals surface area contributed by atoms with Crippen molar-refractivity contribution in [2.24, 2.45) is 0 Å². The van der Waals surface area contributed by atoms with E-state index < -0.39 is 5.41 Å². The first kappa shape index (κ1) is 19.3. The van der Waals surface area contributed by atoms with E-state index in [1.807, 2.05) is 31.2 Å². The van der Waals surface area contributed by atoms with Gasteiger partial charge in [-0.3, -0.25) is 4.79 Å². The molecule has 4 nitrogen and oxygen atoms in total. The molecule has 1 aliphatic carbocycles. The van der Waals surface area contributed by atoms with E-state index in [2.05, 4.69) is 38.4 Å². The summed E-state index contributed by atoms with van der Waals surface area (Å²) in [4.78, 5) is 13.6. The first-order chi connectivity index (χ1) is 13.4. The van der Waals surface area contributed by atoms with E-state index in [0.29, 0.717) is 24.3 Å². The first-order valence-electron chi connectivity index (χ1n) is 10.3. The number of rotatable bonds is 2. The van der Waals surface area contributed by atoms with E-state index in [0.717, 1.165) is 39.6 Å². The molecular formula is C24H26BrNO3. The number of carbonyl (C=O) groups is 1. The number of hydrogen-bond donors (Lipinski definition) is 0. The van der Waals surface area contributed by atoms with Crippen LogP contribution in [0.2, 0.25) is 0 Å². The van der Waals surface area contributed by atoms with E-state index in [4.69, 9.17) is 9.47 Å². The van der Waals surface area contributed by atoms with Gasteiger partial charge in [-0.2, -0.15) is 0 Å². The normalized spacial score (nSPS) is 33.7. The van der Waals surface area contributed by atoms with Crippen LogP contribution in [0.4, 0.5) is 0 Å². The third-order valence-corrected chi connectivity index (χ3v) is 7.94. The highest BCUT2D eigenvalue weighted by molar-refractivity contribution is 5.97. The summed E-state index contributed by atoms with van der Waals surface area (Å²) in [5.74, 6) is -0.115. The van der Waals surface area contributed by atoms with Crippen molar-refractivity contribution in [3.8, 4) is 11.1 Å². The number of hydrogen-bond acceptors (Lipinski definition) is 3. The predicted octanol–water partition coefficient (Wildman–Crippen LogP) is 0.277. The van der Waals surface area contributed by atoms with Gasteiger partial charge >= 0.3 is 5.97 Å². The standard InChI is InChI=1S/C24H26NO3.BrH/c1-24(17-10-6-4-8-15(17)16-9-5-7-11-18(16)24)23(26)27-14-12-19-21-22(28-21)20(13-14)25(19,2)3;/h4-11,14,19-22H,12-13H2,1-3H3;1H/q+1;/p-1. The number of epoxide rings is 1. The topological polar surface area (TPSA) is 38.8 Å². The average Bonchev–Trinajstić information content (AvgIpc) is 3.40. The summed E-state index contributed by atoms with van der Waals surface area (Å²) in [6.07, 6.45) is 2.52. The monoisotopic (exact) mass is 455 g/mol. The molecule has 0 spiro atoms. The predicted molar refractivity (Wildman–Crippen MR) is 106 cm³/mol. The van der Waals surface area contributed by atoms with Crippen LogP contribution in [0, 0.1) is 0 Å². The Bertz CT molecular complexity index is 938. The zero-order valence-electron chi connectivity index (χ0n) is 17.0. The largest absolute Gasteiger partial charge is 1.00 e. The number of likely N-dealkylation sites (N-methyl/N-ethyl adjacent to an activating group) is 1. The van der Waals surface area contributed by atoms with E-state index in [1.165, 1.54) is 0 Å². The van der Waals surface area contributed by atoms with Gasteiger partial charge in [0.2, 0.25) is 0 Å². The van der Waals surface area contributed by atoms with Gasteiger partial charge < -0.3 is 30.9 Å². The highest BCUT2D eigenvalue weighted by atomic mass is 79.9. The molecule has 0 saturated carbocycles. The van der Waals surface area contributed by atoms with Gasteiger partial charge in [-0.1, -0.05) is 48.5 Å². The maximum absolute atomic E-state index is 13.6. The smallest absolute Gasteiger partial charge is 0.321 e. The zero-order valence-corrected chi connectivity index (χ0v) is 18.6. The lowest BCUT2D eigenvalue weighted by molar-refractivity contribution is -0.938. The lowest BCUT2D eigenvalue weighted by Gasteiger charge is -2.45. The van der Waals surface area contributed by atoms with Gasteiger partial charge in [0.05, 0.1) is 14.1 Å². The first-order valence-corrected chi connectivity index (χ1v) is 10.3. The van der Waals surface area contributed by atoms with Crippen LogP contribution >= 0.6 is 0 Å². The van der Waals surface area contributed by atoms with E-state index in [1.54, 1.807) is 0 Å². The number of quaternary nitrogens is 1. The fraction of sp³-hybridized carbons (Fsp3) is 0.458. The Morgan fingerprint density at radius 3 is 1.97 bits per heavy atom. The highest BCUT2D eigenvalue weighted by Crippen LogP contribution is 2.53. The SMILES string of the molecule is CC1(C(=O)OC2CC3C4OC4C(C2)[N+]3(C)C)c2ccccc2-c2ccccc21.[Br-]. The summed E-state index contributed by atoms with van der Waals surface area (Å²) in [5.41, 5.74) is 3.67. The molecule has 2 aromatic carbocycles. The fourth-order valence-electron chi connectivity index (χ4n) is 6.24. The Labute approximate surface area is 182 Å². The summed E-state index contributed by atoms with van der Waals surface area (Å²) in [5, 5.41) is 0. The Kier molecular flexibility index (Phi) is 4.10. The molecule has 3 aliphatic heterocycles. The van der Waals surface area contributed by atoms with Gasteiger partial charge in [0.25, 0.3) is 0 Å². The number of fused-ring (bicyclic) bond motifs is 8. The molecule has 2 aromatic rings. The summed E-state index contributed by atoms with van der Waals surface area (Å²) in [7, 11) is 4.60. The van der Waals surface area contributed by atoms with Crippen molar-refractivity contribution in [1.82, 2.24) is 0 Å². The molecule has 3 fully saturated rings. The number of halogens is 1. The second-order valence-electron chi connectivity index (χ2n) is 9.54. The zero-order chi connectivity index (χ0) is 19.3. The van der Waals surface area contributed by atoms with Crippen molar-refractivity contribution in [2.45, 2.75) is 55.6 Å². The van der Waals surface area contributed by atoms with E-state index >= 15 is 0 Å². The van der Waals surface area contributed by atoms with Crippen molar-refractivity contribution in [3.63, 3.8) is 0 Å². The number of carbonyl (C=O) groups excluding carboxylic acids is 1. The van der Waals surface area contributed by atoms with Crippen LogP contribution in [0.5, 0.6) is 0 Å². The summed E-state index contributed by atoms with van der Waals surface area (Å²) in [6, 6.07) is 17.4. The maximum Gasteiger partial charge on any atom is 0.321 e. The van der Waals surface area contributed by atoms with Crippen LogP contribution in [0.3, 0.4) is 0 Å². The van der Waals surface area contributed by atoms with Gasteiger partial charge in [-0.25, -0.2) is 0 Å². The van der Waals surface area contributed by atoms with Gasteiger partial charge in [-0.05, 0) is 29.2 Å². The van der Waals surface area contributed by atoms with Crippen molar-refractivity contribution in [3.05, 3.63) is 59.7 Å². The van der Waals surface area contributed by atoms with Crippen LogP contribution in [-0.4, -0.2) is 54.9 Å². The average molecular weight is 456 g/mol. The van der Waals surface area contributed by atoms with Gasteiger partial charge in [0.15, 0.2) is 0 Å². The van der Waals surface area contributed by atoms with Gasteiger partial charge in [-0.15, -0.1) is 0 Å². The lowest BCUT2D eigenvalue weighted by Crippen LogP contribution is -3.00. The van der Waals surface area contributed by atoms with Crippen LogP contribution < -0.4 is 17.0 Å². The highest BCUT2D eigenvalue weighted by Gasteiger charge is 2.71. The third-order valence-electron chi connectivity index (χ3n) is 7.94. The van der Waals surface area contributed by atoms with Crippen LogP contribution in [0.25, 0.3) is 11.1 Å². The molecule has 4 aliphatic rings. The Morgan fingerprint density at radius 2 is 1.45 bits per heavy atom. The maximum atomic E-state index is 13.6. The number of ether oxygens (including phenoxy) is 2. The second-order valence-corrected chi connectivity index (χ2v) is 9.54. The molecule has 0 amide bonds. The third kappa shape index (κ3) is 2.41. The molecule has 3 saturated heterocycles. The minimum atomic E-state index is -0.743. The summed E-state index contributed by atoms with van der Waals surface area (Å²) < 4.78 is 13.1. The number of benzene rings is 2. The molecule has 0 radical (unpaired) electrons. The number of nitrogens with zero attached hydrogens (tertiary/aromatic N) is 1. The Hall–Kier alpha value is -1.69. The minimum Gasteiger partial charge on any atom is -1.00 e. The van der Waals surface area contributed by atoms with Crippen LogP contribution in [-0.2, 0) is 19.7 Å². The molecule has 4 atom stereocenters. The molecule has 29 heavy (non-hydrogen) atoms. The number of esters is 1. The van der Waals surface area contributed by atoms with E-state index in [9.17, 15) is 4.79 Å². The molecule has 6 rings (SSSR count). The second kappa shape index (κ2) is 6.16. The van der Waals surface area contributed by atoms with Crippen molar-refractivity contribution >= 4 is 5.97 Å². The van der Waals surface area contributed by atoms with Gasteiger partial charge in [0, 0.05) is 12.8 Å². The summed E-state index contributed by atoms with van der Waals surface area (Å²) in [6.45, 7) is 2.03. The van der Waals surface area contributed by atoms with Crippen molar-refractivity contribution in [1.29, 1.82) is 0 Å². The van der Waals surface area contributed by atoms with E-state index in [-0.39, 0.29) is 29.1 Å². The molecule has 152 valence electrons. The quantitative estimate of drug-likeness (QED) is 0.370. The summed E-state index contributed by atoms with van der Waals surface area (Å²) >= 11 is 0. The molecule has 4 unspecified atom stereocenters. The fourth-order valence-corrected chi connectivity index (χ4v) is 6.24. The molecule has 3 heterocycles. The molecule has 2 bridgehead atoms. The van der Waals surface area contributed by atoms with Crippen molar-refractivity contribution < 1.29 is 35.7 Å². The van der Waals surface area contributed by atoms with Crippen molar-refractivity contribution in [2.75, 3.05) is 14.1 Å². The van der Waals surface area contributed by atoms with Crippen LogP contribution in [0.1, 0.15) is 30.9 Å². The molecule has 5 heteroatoms.